The Morgan fingerprint density at radius 2 is 2.00 bits per heavy atom. The van der Waals surface area contributed by atoms with E-state index in [1.807, 2.05) is 13.0 Å². The van der Waals surface area contributed by atoms with E-state index in [1.165, 1.54) is 11.1 Å². The predicted octanol–water partition coefficient (Wildman–Crippen LogP) is 5.71. The van der Waals surface area contributed by atoms with Crippen LogP contribution < -0.4 is 4.74 Å². The molecule has 0 bridgehead atoms. The van der Waals surface area contributed by atoms with Crippen molar-refractivity contribution in [3.05, 3.63) is 58.7 Å². The number of ether oxygens (including phenoxy) is 1. The molecule has 1 atom stereocenters. The van der Waals surface area contributed by atoms with E-state index in [2.05, 4.69) is 52.5 Å². The van der Waals surface area contributed by atoms with Gasteiger partial charge in [-0.05, 0) is 72.6 Å². The third kappa shape index (κ3) is 4.85. The summed E-state index contributed by atoms with van der Waals surface area (Å²) in [6, 6.07) is 6.14. The maximum absolute atomic E-state index is 9.83. The third-order valence-corrected chi connectivity index (χ3v) is 4.68. The van der Waals surface area contributed by atoms with Crippen molar-refractivity contribution in [2.24, 2.45) is 5.92 Å². The van der Waals surface area contributed by atoms with E-state index in [0.717, 1.165) is 40.9 Å². The molecule has 0 fully saturated rings. The molecule has 1 aromatic rings. The molecule has 0 aromatic heterocycles. The molecule has 2 heteroatoms. The summed E-state index contributed by atoms with van der Waals surface area (Å²) in [5.41, 5.74) is 6.86. The van der Waals surface area contributed by atoms with E-state index in [9.17, 15) is 5.11 Å². The molecular weight excluding hydrogens is 296 g/mol. The first-order valence-electron chi connectivity index (χ1n) is 8.74. The standard InChI is InChI=1S/C22H32O2/c1-8-16(5)18(14-23)13-22(20(9-2)15(3)4)21-11-10-19(24-7)12-17(21)6/h10-13,16,23H,3,8-9,14H2,1-2,4-7H3/b18-13-,22-20+. The first-order valence-corrected chi connectivity index (χ1v) is 8.74. The number of aliphatic hydroxyl groups excluding tert-OH is 1. The maximum Gasteiger partial charge on any atom is 0.119 e. The van der Waals surface area contributed by atoms with Crippen LogP contribution >= 0.6 is 0 Å². The van der Waals surface area contributed by atoms with Crippen LogP contribution in [0.5, 0.6) is 5.75 Å². The molecule has 132 valence electrons. The molecule has 0 aliphatic rings. The molecule has 0 saturated carbocycles. The Bertz CT molecular complexity index is 635. The Morgan fingerprint density at radius 3 is 2.42 bits per heavy atom. The number of aliphatic hydroxyl groups is 1. The lowest BCUT2D eigenvalue weighted by molar-refractivity contribution is 0.315. The van der Waals surface area contributed by atoms with E-state index in [0.29, 0.717) is 5.92 Å². The molecule has 1 rings (SSSR count). The summed E-state index contributed by atoms with van der Waals surface area (Å²) >= 11 is 0. The Labute approximate surface area is 147 Å². The van der Waals surface area contributed by atoms with Gasteiger partial charge in [0.25, 0.3) is 0 Å². The quantitative estimate of drug-likeness (QED) is 0.619. The lowest BCUT2D eigenvalue weighted by atomic mass is 9.88. The molecule has 0 aliphatic heterocycles. The summed E-state index contributed by atoms with van der Waals surface area (Å²) in [6.45, 7) is 14.8. The molecular formula is C22H32O2. The van der Waals surface area contributed by atoms with Gasteiger partial charge in [-0.1, -0.05) is 45.1 Å². The van der Waals surface area contributed by atoms with Crippen LogP contribution in [0.2, 0.25) is 0 Å². The highest BCUT2D eigenvalue weighted by Gasteiger charge is 2.13. The van der Waals surface area contributed by atoms with Crippen LogP contribution in [-0.2, 0) is 0 Å². The van der Waals surface area contributed by atoms with Gasteiger partial charge in [-0.25, -0.2) is 0 Å². The second kappa shape index (κ2) is 9.48. The van der Waals surface area contributed by atoms with Crippen molar-refractivity contribution >= 4 is 5.57 Å². The molecule has 1 unspecified atom stereocenters. The van der Waals surface area contributed by atoms with E-state index in [-0.39, 0.29) is 6.61 Å². The molecule has 2 nitrogen and oxygen atoms in total. The number of hydrogen-bond acceptors (Lipinski definition) is 2. The van der Waals surface area contributed by atoms with Gasteiger partial charge < -0.3 is 9.84 Å². The van der Waals surface area contributed by atoms with Gasteiger partial charge in [0.1, 0.15) is 5.75 Å². The zero-order valence-electron chi connectivity index (χ0n) is 16.1. The number of aryl methyl sites for hydroxylation is 1. The summed E-state index contributed by atoms with van der Waals surface area (Å²) in [7, 11) is 1.68. The summed E-state index contributed by atoms with van der Waals surface area (Å²) in [6.07, 6.45) is 4.08. The van der Waals surface area contributed by atoms with Crippen molar-refractivity contribution < 1.29 is 9.84 Å². The summed E-state index contributed by atoms with van der Waals surface area (Å²) < 4.78 is 5.33. The van der Waals surface area contributed by atoms with Gasteiger partial charge in [0.15, 0.2) is 0 Å². The van der Waals surface area contributed by atoms with Gasteiger partial charge in [-0.3, -0.25) is 0 Å². The molecule has 0 spiro atoms. The number of rotatable bonds is 8. The minimum absolute atomic E-state index is 0.0842. The number of methoxy groups -OCH3 is 1. The zero-order valence-corrected chi connectivity index (χ0v) is 16.1. The molecule has 0 heterocycles. The van der Waals surface area contributed by atoms with E-state index in [1.54, 1.807) is 7.11 Å². The van der Waals surface area contributed by atoms with Crippen LogP contribution in [0.4, 0.5) is 0 Å². The van der Waals surface area contributed by atoms with Crippen molar-refractivity contribution in [1.82, 2.24) is 0 Å². The van der Waals surface area contributed by atoms with Gasteiger partial charge in [0, 0.05) is 0 Å². The fourth-order valence-electron chi connectivity index (χ4n) is 2.91. The van der Waals surface area contributed by atoms with Crippen LogP contribution in [0, 0.1) is 12.8 Å². The van der Waals surface area contributed by atoms with Crippen LogP contribution in [0.3, 0.4) is 0 Å². The molecule has 0 aliphatic carbocycles. The van der Waals surface area contributed by atoms with E-state index in [4.69, 9.17) is 4.74 Å². The Balaban J connectivity index is 3.63. The van der Waals surface area contributed by atoms with Crippen LogP contribution in [0.15, 0.2) is 47.6 Å². The smallest absolute Gasteiger partial charge is 0.119 e. The molecule has 1 N–H and O–H groups in total. The van der Waals surface area contributed by atoms with Gasteiger partial charge in [-0.15, -0.1) is 0 Å². The first kappa shape index (κ1) is 20.2. The summed E-state index contributed by atoms with van der Waals surface area (Å²) in [5, 5.41) is 9.83. The second-order valence-electron chi connectivity index (χ2n) is 6.39. The molecule has 0 radical (unpaired) electrons. The van der Waals surface area contributed by atoms with Gasteiger partial charge in [0.2, 0.25) is 0 Å². The average molecular weight is 328 g/mol. The van der Waals surface area contributed by atoms with Crippen molar-refractivity contribution in [2.75, 3.05) is 13.7 Å². The van der Waals surface area contributed by atoms with E-state index >= 15 is 0 Å². The molecule has 1 aromatic carbocycles. The van der Waals surface area contributed by atoms with Gasteiger partial charge in [-0.2, -0.15) is 0 Å². The lowest BCUT2D eigenvalue weighted by Gasteiger charge is -2.18. The topological polar surface area (TPSA) is 29.5 Å². The minimum atomic E-state index is 0.0842. The van der Waals surface area contributed by atoms with E-state index < -0.39 is 0 Å². The average Bonchev–Trinajstić information content (AvgIpc) is 2.57. The normalized spacial score (nSPS) is 14.2. The highest BCUT2D eigenvalue weighted by molar-refractivity contribution is 5.82. The highest BCUT2D eigenvalue weighted by atomic mass is 16.5. The summed E-state index contributed by atoms with van der Waals surface area (Å²) in [5.74, 6) is 1.21. The Morgan fingerprint density at radius 1 is 1.33 bits per heavy atom. The van der Waals surface area contributed by atoms with Crippen molar-refractivity contribution in [3.63, 3.8) is 0 Å². The fraction of sp³-hybridized carbons (Fsp3) is 0.455. The monoisotopic (exact) mass is 328 g/mol. The molecule has 0 amide bonds. The van der Waals surface area contributed by atoms with Crippen LogP contribution in [-0.4, -0.2) is 18.8 Å². The first-order chi connectivity index (χ1) is 11.4. The predicted molar refractivity (Wildman–Crippen MR) is 104 cm³/mol. The summed E-state index contributed by atoms with van der Waals surface area (Å²) in [4.78, 5) is 0. The van der Waals surface area contributed by atoms with Crippen molar-refractivity contribution in [1.29, 1.82) is 0 Å². The zero-order chi connectivity index (χ0) is 18.3. The van der Waals surface area contributed by atoms with Crippen molar-refractivity contribution in [3.8, 4) is 5.75 Å². The Kier molecular flexibility index (Phi) is 8.00. The maximum atomic E-state index is 9.83. The number of allylic oxidation sites excluding steroid dienone is 4. The van der Waals surface area contributed by atoms with Crippen LogP contribution in [0.25, 0.3) is 5.57 Å². The molecule has 0 saturated heterocycles. The van der Waals surface area contributed by atoms with Crippen molar-refractivity contribution in [2.45, 2.75) is 47.5 Å². The highest BCUT2D eigenvalue weighted by Crippen LogP contribution is 2.32. The molecule has 24 heavy (non-hydrogen) atoms. The second-order valence-corrected chi connectivity index (χ2v) is 6.39. The number of benzene rings is 1. The fourth-order valence-corrected chi connectivity index (χ4v) is 2.91. The largest absolute Gasteiger partial charge is 0.497 e. The SMILES string of the molecule is C=C(C)/C(CC)=C(\C=C(\CO)C(C)CC)c1ccc(OC)cc1C. The Hall–Kier alpha value is -1.80. The third-order valence-electron chi connectivity index (χ3n) is 4.68. The minimum Gasteiger partial charge on any atom is -0.497 e. The van der Waals surface area contributed by atoms with Crippen LogP contribution in [0.1, 0.15) is 51.7 Å². The van der Waals surface area contributed by atoms with Gasteiger partial charge in [0.05, 0.1) is 13.7 Å². The number of hydrogen-bond donors (Lipinski definition) is 1. The van der Waals surface area contributed by atoms with Gasteiger partial charge >= 0.3 is 0 Å². The lowest BCUT2D eigenvalue weighted by Crippen LogP contribution is -2.04.